The smallest absolute Gasteiger partial charge is 0.123 e. The lowest BCUT2D eigenvalue weighted by Crippen LogP contribution is -1.79. The second-order valence-electron chi connectivity index (χ2n) is 3.61. The van der Waals surface area contributed by atoms with Gasteiger partial charge in [-0.05, 0) is 46.5 Å². The van der Waals surface area contributed by atoms with E-state index in [4.69, 9.17) is 0 Å². The van der Waals surface area contributed by atoms with Crippen LogP contribution < -0.4 is 0 Å². The lowest BCUT2D eigenvalue weighted by molar-refractivity contribution is 0.627. The normalized spacial score (nSPS) is 12.4. The van der Waals surface area contributed by atoms with Crippen LogP contribution in [-0.4, -0.2) is 0 Å². The largest absolute Gasteiger partial charge is 0.207 e. The zero-order valence-electron chi connectivity index (χ0n) is 7.80. The third-order valence-electron chi connectivity index (χ3n) is 2.63. The van der Waals surface area contributed by atoms with E-state index < -0.39 is 0 Å². The van der Waals surface area contributed by atoms with E-state index in [-0.39, 0.29) is 11.6 Å². The Morgan fingerprint density at radius 1 is 0.667 bits per heavy atom. The molecule has 1 aliphatic rings. The van der Waals surface area contributed by atoms with Gasteiger partial charge in [0.2, 0.25) is 0 Å². The van der Waals surface area contributed by atoms with Gasteiger partial charge in [-0.15, -0.1) is 0 Å². The van der Waals surface area contributed by atoms with Gasteiger partial charge < -0.3 is 0 Å². The predicted molar refractivity (Wildman–Crippen MR) is 54.3 cm³/mol. The maximum absolute atomic E-state index is 13.0. The molecule has 2 heteroatoms. The fourth-order valence-electron chi connectivity index (χ4n) is 1.96. The molecule has 1 aliphatic carbocycles. The molecular weight excluding hydrogens is 194 g/mol. The number of fused-ring (bicyclic) bond motifs is 3. The average Bonchev–Trinajstić information content (AvgIpc) is 2.53. The molecule has 2 aromatic carbocycles. The van der Waals surface area contributed by atoms with Crippen molar-refractivity contribution in [1.29, 1.82) is 0 Å². The zero-order valence-corrected chi connectivity index (χ0v) is 7.80. The van der Waals surface area contributed by atoms with Crippen LogP contribution in [0.1, 0.15) is 11.1 Å². The molecule has 0 spiro atoms. The van der Waals surface area contributed by atoms with Gasteiger partial charge >= 0.3 is 0 Å². The van der Waals surface area contributed by atoms with Gasteiger partial charge in [-0.25, -0.2) is 8.78 Å². The van der Waals surface area contributed by atoms with Crippen LogP contribution in [0, 0.1) is 18.1 Å². The van der Waals surface area contributed by atoms with Gasteiger partial charge in [-0.2, -0.15) is 0 Å². The van der Waals surface area contributed by atoms with Gasteiger partial charge in [0.1, 0.15) is 11.6 Å². The molecule has 0 fully saturated rings. The van der Waals surface area contributed by atoms with Crippen molar-refractivity contribution in [2.75, 3.05) is 0 Å². The minimum atomic E-state index is -0.265. The highest BCUT2D eigenvalue weighted by molar-refractivity contribution is 5.80. The SMILES string of the molecule is Fc1ccc2c(c1)[CH]c1cc(F)ccc1-2. The first-order chi connectivity index (χ1) is 7.24. The molecule has 0 amide bonds. The lowest BCUT2D eigenvalue weighted by atomic mass is 10.1. The van der Waals surface area contributed by atoms with Gasteiger partial charge in [0.05, 0.1) is 0 Å². The number of halogens is 2. The summed E-state index contributed by atoms with van der Waals surface area (Å²) in [6.45, 7) is 0. The van der Waals surface area contributed by atoms with Gasteiger partial charge in [0, 0.05) is 6.42 Å². The van der Waals surface area contributed by atoms with Crippen molar-refractivity contribution in [3.63, 3.8) is 0 Å². The van der Waals surface area contributed by atoms with Gasteiger partial charge in [0.25, 0.3) is 0 Å². The summed E-state index contributed by atoms with van der Waals surface area (Å²) in [5.41, 5.74) is 3.56. The molecule has 0 heterocycles. The van der Waals surface area contributed by atoms with Crippen molar-refractivity contribution in [1.82, 2.24) is 0 Å². The second-order valence-corrected chi connectivity index (χ2v) is 3.61. The van der Waals surface area contributed by atoms with Crippen molar-refractivity contribution in [2.45, 2.75) is 0 Å². The van der Waals surface area contributed by atoms with E-state index in [0.29, 0.717) is 0 Å². The molecule has 0 N–H and O–H groups in total. The Kier molecular flexibility index (Phi) is 1.66. The van der Waals surface area contributed by atoms with E-state index in [2.05, 4.69) is 0 Å². The van der Waals surface area contributed by atoms with Crippen LogP contribution >= 0.6 is 0 Å². The molecule has 3 rings (SSSR count). The van der Waals surface area contributed by atoms with Crippen LogP contribution in [0.2, 0.25) is 0 Å². The second kappa shape index (κ2) is 2.89. The summed E-state index contributed by atoms with van der Waals surface area (Å²) in [6, 6.07) is 9.23. The summed E-state index contributed by atoms with van der Waals surface area (Å²) >= 11 is 0. The highest BCUT2D eigenvalue weighted by Crippen LogP contribution is 2.38. The first-order valence-electron chi connectivity index (χ1n) is 4.68. The van der Waals surface area contributed by atoms with Crippen LogP contribution in [0.15, 0.2) is 36.4 Å². The number of hydrogen-bond acceptors (Lipinski definition) is 0. The summed E-state index contributed by atoms with van der Waals surface area (Å²) in [7, 11) is 0. The molecular formula is C13H7F2. The van der Waals surface area contributed by atoms with Crippen molar-refractivity contribution < 1.29 is 8.78 Å². The van der Waals surface area contributed by atoms with Crippen LogP contribution in [0.5, 0.6) is 0 Å². The standard InChI is InChI=1S/C13H7F2/c14-10-1-3-12-8(6-10)5-9-7-11(15)2-4-13(9)12/h1-7H. The minimum Gasteiger partial charge on any atom is -0.207 e. The van der Waals surface area contributed by atoms with Crippen molar-refractivity contribution in [2.24, 2.45) is 0 Å². The Morgan fingerprint density at radius 3 is 1.60 bits per heavy atom. The number of hydrogen-bond donors (Lipinski definition) is 0. The minimum absolute atomic E-state index is 0.265. The van der Waals surface area contributed by atoms with Gasteiger partial charge in [-0.1, -0.05) is 12.1 Å². The highest BCUT2D eigenvalue weighted by atomic mass is 19.1. The quantitative estimate of drug-likeness (QED) is 0.521. The van der Waals surface area contributed by atoms with E-state index >= 15 is 0 Å². The molecule has 0 saturated carbocycles. The fourth-order valence-corrected chi connectivity index (χ4v) is 1.96. The lowest BCUT2D eigenvalue weighted by Gasteiger charge is -1.99. The van der Waals surface area contributed by atoms with E-state index in [1.807, 2.05) is 0 Å². The van der Waals surface area contributed by atoms with Crippen molar-refractivity contribution in [3.05, 3.63) is 65.6 Å². The van der Waals surface area contributed by atoms with E-state index in [9.17, 15) is 8.78 Å². The van der Waals surface area contributed by atoms with Gasteiger partial charge in [-0.3, -0.25) is 0 Å². The number of benzene rings is 2. The summed E-state index contributed by atoms with van der Waals surface area (Å²) in [5.74, 6) is -0.531. The molecule has 2 aromatic rings. The van der Waals surface area contributed by atoms with Gasteiger partial charge in [0.15, 0.2) is 0 Å². The summed E-state index contributed by atoms with van der Waals surface area (Å²) < 4.78 is 25.9. The predicted octanol–water partition coefficient (Wildman–Crippen LogP) is 3.55. The molecule has 0 nitrogen and oxygen atoms in total. The topological polar surface area (TPSA) is 0 Å². The summed E-state index contributed by atoms with van der Waals surface area (Å²) in [6.07, 6.45) is 1.80. The third kappa shape index (κ3) is 1.25. The molecule has 73 valence electrons. The molecule has 0 unspecified atom stereocenters. The van der Waals surface area contributed by atoms with Crippen LogP contribution in [0.25, 0.3) is 11.1 Å². The first-order valence-corrected chi connectivity index (χ1v) is 4.68. The van der Waals surface area contributed by atoms with E-state index in [0.717, 1.165) is 22.3 Å². The maximum atomic E-state index is 13.0. The Balaban J connectivity index is 2.24. The third-order valence-corrected chi connectivity index (χ3v) is 2.63. The molecule has 0 atom stereocenters. The molecule has 0 saturated heterocycles. The molecule has 0 bridgehead atoms. The Labute approximate surface area is 86.2 Å². The van der Waals surface area contributed by atoms with Crippen LogP contribution in [0.3, 0.4) is 0 Å². The Morgan fingerprint density at radius 2 is 1.13 bits per heavy atom. The zero-order chi connectivity index (χ0) is 10.4. The molecule has 15 heavy (non-hydrogen) atoms. The first kappa shape index (κ1) is 8.60. The molecule has 0 aromatic heterocycles. The van der Waals surface area contributed by atoms with Crippen LogP contribution in [-0.2, 0) is 0 Å². The monoisotopic (exact) mass is 201 g/mol. The van der Waals surface area contributed by atoms with Crippen molar-refractivity contribution in [3.8, 4) is 11.1 Å². The van der Waals surface area contributed by atoms with Crippen molar-refractivity contribution >= 4 is 0 Å². The fraction of sp³-hybridized carbons (Fsp3) is 0. The van der Waals surface area contributed by atoms with Crippen LogP contribution in [0.4, 0.5) is 8.78 Å². The Bertz CT molecular complexity index is 495. The summed E-state index contributed by atoms with van der Waals surface area (Å²) in [5, 5.41) is 0. The average molecular weight is 201 g/mol. The number of rotatable bonds is 0. The van der Waals surface area contributed by atoms with E-state index in [1.54, 1.807) is 18.6 Å². The highest BCUT2D eigenvalue weighted by Gasteiger charge is 2.19. The Hall–Kier alpha value is -1.70. The van der Waals surface area contributed by atoms with E-state index in [1.165, 1.54) is 24.3 Å². The molecule has 1 radical (unpaired) electrons. The summed E-state index contributed by atoms with van der Waals surface area (Å²) in [4.78, 5) is 0. The maximum Gasteiger partial charge on any atom is 0.123 e. The molecule has 0 aliphatic heterocycles.